The first kappa shape index (κ1) is 11.8. The molecule has 1 aromatic carbocycles. The van der Waals surface area contributed by atoms with E-state index in [-0.39, 0.29) is 0 Å². The van der Waals surface area contributed by atoms with Crippen LogP contribution in [0.1, 0.15) is 17.0 Å². The van der Waals surface area contributed by atoms with Crippen LogP contribution < -0.4 is 0 Å². The molecule has 0 N–H and O–H groups in total. The molecular formula is C13H12F3N. The van der Waals surface area contributed by atoms with Crippen molar-refractivity contribution in [2.45, 2.75) is 20.0 Å². The summed E-state index contributed by atoms with van der Waals surface area (Å²) < 4.78 is 39.2. The molecule has 0 radical (unpaired) electrons. The van der Waals surface area contributed by atoms with Gasteiger partial charge in [0.05, 0.1) is 5.56 Å². The lowest BCUT2D eigenvalue weighted by Crippen LogP contribution is -2.05. The van der Waals surface area contributed by atoms with Gasteiger partial charge in [-0.3, -0.25) is 0 Å². The van der Waals surface area contributed by atoms with E-state index < -0.39 is 11.7 Å². The molecule has 2 rings (SSSR count). The Morgan fingerprint density at radius 2 is 1.29 bits per heavy atom. The highest BCUT2D eigenvalue weighted by Crippen LogP contribution is 2.30. The van der Waals surface area contributed by atoms with Crippen molar-refractivity contribution in [3.8, 4) is 5.69 Å². The number of aryl methyl sites for hydroxylation is 2. The van der Waals surface area contributed by atoms with Gasteiger partial charge in [-0.25, -0.2) is 0 Å². The number of benzene rings is 1. The third kappa shape index (κ3) is 2.20. The molecule has 1 nitrogen and oxygen atoms in total. The van der Waals surface area contributed by atoms with Crippen molar-refractivity contribution in [2.24, 2.45) is 0 Å². The van der Waals surface area contributed by atoms with Gasteiger partial charge in [0.15, 0.2) is 0 Å². The summed E-state index contributed by atoms with van der Waals surface area (Å²) in [6.45, 7) is 3.84. The SMILES string of the molecule is Cc1ccc(C)n1-c1ccc(C(F)(F)F)cc1. The Morgan fingerprint density at radius 3 is 1.71 bits per heavy atom. The van der Waals surface area contributed by atoms with Gasteiger partial charge in [-0.05, 0) is 50.2 Å². The highest BCUT2D eigenvalue weighted by molar-refractivity contribution is 5.39. The van der Waals surface area contributed by atoms with Crippen molar-refractivity contribution >= 4 is 0 Å². The third-order valence-electron chi connectivity index (χ3n) is 2.72. The van der Waals surface area contributed by atoms with E-state index in [2.05, 4.69) is 0 Å². The molecule has 2 aromatic rings. The summed E-state index contributed by atoms with van der Waals surface area (Å²) in [6, 6.07) is 9.06. The fraction of sp³-hybridized carbons (Fsp3) is 0.231. The number of aromatic nitrogens is 1. The number of alkyl halides is 3. The maximum absolute atomic E-state index is 12.4. The minimum atomic E-state index is -4.28. The van der Waals surface area contributed by atoms with Gasteiger partial charge in [-0.1, -0.05) is 0 Å². The molecule has 0 spiro atoms. The molecule has 90 valence electrons. The van der Waals surface area contributed by atoms with E-state index in [0.717, 1.165) is 29.2 Å². The lowest BCUT2D eigenvalue weighted by Gasteiger charge is -2.11. The van der Waals surface area contributed by atoms with Crippen molar-refractivity contribution in [1.82, 2.24) is 4.57 Å². The molecule has 0 saturated heterocycles. The summed E-state index contributed by atoms with van der Waals surface area (Å²) in [6.07, 6.45) is -4.28. The Morgan fingerprint density at radius 1 is 0.824 bits per heavy atom. The second-order valence-electron chi connectivity index (χ2n) is 4.00. The van der Waals surface area contributed by atoms with Crippen molar-refractivity contribution in [3.05, 3.63) is 53.3 Å². The molecule has 0 amide bonds. The van der Waals surface area contributed by atoms with Crippen molar-refractivity contribution in [3.63, 3.8) is 0 Å². The van der Waals surface area contributed by atoms with E-state index in [9.17, 15) is 13.2 Å². The minimum absolute atomic E-state index is 0.622. The number of halogens is 3. The maximum atomic E-state index is 12.4. The van der Waals surface area contributed by atoms with Crippen molar-refractivity contribution < 1.29 is 13.2 Å². The van der Waals surface area contributed by atoms with Crippen LogP contribution in [-0.4, -0.2) is 4.57 Å². The highest BCUT2D eigenvalue weighted by Gasteiger charge is 2.30. The standard InChI is InChI=1S/C13H12F3N/c1-9-3-4-10(2)17(9)12-7-5-11(6-8-12)13(14,15)16/h3-8H,1-2H3. The monoisotopic (exact) mass is 239 g/mol. The van der Waals surface area contributed by atoms with Gasteiger partial charge >= 0.3 is 6.18 Å². The Kier molecular flexibility index (Phi) is 2.73. The first-order valence-electron chi connectivity index (χ1n) is 5.22. The first-order chi connectivity index (χ1) is 7.89. The smallest absolute Gasteiger partial charge is 0.319 e. The van der Waals surface area contributed by atoms with Crippen LogP contribution in [-0.2, 0) is 6.18 Å². The zero-order valence-electron chi connectivity index (χ0n) is 9.55. The van der Waals surface area contributed by atoms with Gasteiger partial charge in [-0.15, -0.1) is 0 Å². The second-order valence-corrected chi connectivity index (χ2v) is 4.00. The maximum Gasteiger partial charge on any atom is 0.416 e. The average Bonchev–Trinajstić information content (AvgIpc) is 2.58. The van der Waals surface area contributed by atoms with Crippen LogP contribution in [0.5, 0.6) is 0 Å². The number of rotatable bonds is 1. The Balaban J connectivity index is 2.43. The van der Waals surface area contributed by atoms with Gasteiger partial charge in [-0.2, -0.15) is 13.2 Å². The van der Waals surface area contributed by atoms with Gasteiger partial charge in [0, 0.05) is 17.1 Å². The zero-order valence-corrected chi connectivity index (χ0v) is 9.55. The highest BCUT2D eigenvalue weighted by atomic mass is 19.4. The number of nitrogens with zero attached hydrogens (tertiary/aromatic N) is 1. The quantitative estimate of drug-likeness (QED) is 0.705. The normalized spacial score (nSPS) is 11.8. The van der Waals surface area contributed by atoms with E-state index in [1.54, 1.807) is 0 Å². The van der Waals surface area contributed by atoms with E-state index in [4.69, 9.17) is 0 Å². The summed E-state index contributed by atoms with van der Waals surface area (Å²) in [5.74, 6) is 0. The lowest BCUT2D eigenvalue weighted by molar-refractivity contribution is -0.137. The van der Waals surface area contributed by atoms with Gasteiger partial charge < -0.3 is 4.57 Å². The largest absolute Gasteiger partial charge is 0.416 e. The first-order valence-corrected chi connectivity index (χ1v) is 5.22. The zero-order chi connectivity index (χ0) is 12.6. The molecule has 4 heteroatoms. The summed E-state index contributed by atoms with van der Waals surface area (Å²) in [5, 5.41) is 0. The topological polar surface area (TPSA) is 4.93 Å². The predicted octanol–water partition coefficient (Wildman–Crippen LogP) is 4.11. The molecule has 17 heavy (non-hydrogen) atoms. The van der Waals surface area contributed by atoms with Crippen LogP contribution >= 0.6 is 0 Å². The summed E-state index contributed by atoms with van der Waals surface area (Å²) >= 11 is 0. The number of hydrogen-bond donors (Lipinski definition) is 0. The van der Waals surface area contributed by atoms with Crippen LogP contribution in [0.15, 0.2) is 36.4 Å². The molecule has 0 aliphatic rings. The molecular weight excluding hydrogens is 227 g/mol. The molecule has 0 aliphatic heterocycles. The Labute approximate surface area is 97.5 Å². The van der Waals surface area contributed by atoms with Crippen LogP contribution in [0.2, 0.25) is 0 Å². The molecule has 1 aromatic heterocycles. The van der Waals surface area contributed by atoms with E-state index in [1.807, 2.05) is 30.5 Å². The Hall–Kier alpha value is -1.71. The van der Waals surface area contributed by atoms with Crippen LogP contribution in [0.3, 0.4) is 0 Å². The number of hydrogen-bond acceptors (Lipinski definition) is 0. The predicted molar refractivity (Wildman–Crippen MR) is 60.2 cm³/mol. The third-order valence-corrected chi connectivity index (χ3v) is 2.72. The average molecular weight is 239 g/mol. The summed E-state index contributed by atoms with van der Waals surface area (Å²) in [4.78, 5) is 0. The molecule has 0 aliphatic carbocycles. The molecule has 0 bridgehead atoms. The minimum Gasteiger partial charge on any atom is -0.319 e. The molecule has 0 atom stereocenters. The fourth-order valence-corrected chi connectivity index (χ4v) is 1.88. The molecule has 0 saturated carbocycles. The van der Waals surface area contributed by atoms with Crippen LogP contribution in [0.4, 0.5) is 13.2 Å². The van der Waals surface area contributed by atoms with E-state index >= 15 is 0 Å². The Bertz CT molecular complexity index is 501. The van der Waals surface area contributed by atoms with Crippen LogP contribution in [0.25, 0.3) is 5.69 Å². The lowest BCUT2D eigenvalue weighted by atomic mass is 10.2. The van der Waals surface area contributed by atoms with Gasteiger partial charge in [0.2, 0.25) is 0 Å². The van der Waals surface area contributed by atoms with E-state index in [0.29, 0.717) is 0 Å². The van der Waals surface area contributed by atoms with Gasteiger partial charge in [0.1, 0.15) is 0 Å². The molecule has 0 fully saturated rings. The van der Waals surface area contributed by atoms with Gasteiger partial charge in [0.25, 0.3) is 0 Å². The van der Waals surface area contributed by atoms with Crippen LogP contribution in [0, 0.1) is 13.8 Å². The summed E-state index contributed by atoms with van der Waals surface area (Å²) in [7, 11) is 0. The molecule has 0 unspecified atom stereocenters. The van der Waals surface area contributed by atoms with E-state index in [1.165, 1.54) is 12.1 Å². The fourth-order valence-electron chi connectivity index (χ4n) is 1.88. The van der Waals surface area contributed by atoms with Crippen molar-refractivity contribution in [2.75, 3.05) is 0 Å². The second kappa shape index (κ2) is 3.95. The molecule has 1 heterocycles. The summed E-state index contributed by atoms with van der Waals surface area (Å²) in [5.41, 5.74) is 2.13. The van der Waals surface area contributed by atoms with Crippen molar-refractivity contribution in [1.29, 1.82) is 0 Å².